The molecular formula is C30H27N5S. The molecule has 0 aliphatic heterocycles. The Hall–Kier alpha value is -4.08. The van der Waals surface area contributed by atoms with Crippen LogP contribution >= 0.6 is 11.8 Å². The predicted octanol–water partition coefficient (Wildman–Crippen LogP) is 7.38. The van der Waals surface area contributed by atoms with Crippen LogP contribution in [0.15, 0.2) is 90.0 Å². The van der Waals surface area contributed by atoms with Gasteiger partial charge in [-0.2, -0.15) is 10.4 Å². The molecule has 0 bridgehead atoms. The summed E-state index contributed by atoms with van der Waals surface area (Å²) in [4.78, 5) is 5.99. The van der Waals surface area contributed by atoms with Crippen molar-refractivity contribution < 1.29 is 0 Å². The highest BCUT2D eigenvalue weighted by Gasteiger charge is 2.16. The van der Waals surface area contributed by atoms with Crippen molar-refractivity contribution in [2.75, 3.05) is 5.75 Å². The average molecular weight is 490 g/mol. The zero-order chi connectivity index (χ0) is 24.9. The molecular weight excluding hydrogens is 462 g/mol. The number of imidazole rings is 1. The van der Waals surface area contributed by atoms with Gasteiger partial charge in [-0.15, -0.1) is 11.8 Å². The second kappa shape index (κ2) is 10.7. The van der Waals surface area contributed by atoms with E-state index in [-0.39, 0.29) is 0 Å². The van der Waals surface area contributed by atoms with Gasteiger partial charge >= 0.3 is 0 Å². The molecule has 0 radical (unpaired) electrons. The molecule has 0 fully saturated rings. The molecule has 178 valence electrons. The molecule has 2 aromatic heterocycles. The van der Waals surface area contributed by atoms with Crippen molar-refractivity contribution in [2.45, 2.75) is 24.7 Å². The van der Waals surface area contributed by atoms with Crippen molar-refractivity contribution in [3.63, 3.8) is 0 Å². The number of hydrogen-bond donors (Lipinski definition) is 0. The molecule has 5 rings (SSSR count). The number of aromatic nitrogens is 4. The van der Waals surface area contributed by atoms with E-state index >= 15 is 0 Å². The minimum absolute atomic E-state index is 0.495. The van der Waals surface area contributed by atoms with E-state index in [1.165, 1.54) is 17.7 Å². The fourth-order valence-corrected chi connectivity index (χ4v) is 5.16. The van der Waals surface area contributed by atoms with Crippen LogP contribution in [0.3, 0.4) is 0 Å². The van der Waals surface area contributed by atoms with Gasteiger partial charge in [0.25, 0.3) is 0 Å². The number of rotatable bonds is 8. The molecule has 6 heteroatoms. The summed E-state index contributed by atoms with van der Waals surface area (Å²) in [6.45, 7) is 2.21. The molecule has 0 N–H and O–H groups in total. The lowest BCUT2D eigenvalue weighted by molar-refractivity contribution is 0.884. The van der Waals surface area contributed by atoms with Gasteiger partial charge in [-0.3, -0.25) is 0 Å². The first-order valence-electron chi connectivity index (χ1n) is 12.1. The highest BCUT2D eigenvalue weighted by atomic mass is 32.2. The van der Waals surface area contributed by atoms with Gasteiger partial charge in [0.15, 0.2) is 5.82 Å². The van der Waals surface area contributed by atoms with E-state index in [0.717, 1.165) is 39.3 Å². The fraction of sp³-hybridized carbons (Fsp3) is 0.167. The summed E-state index contributed by atoms with van der Waals surface area (Å²) in [5.74, 6) is 1.76. The third-order valence-electron chi connectivity index (χ3n) is 6.11. The Labute approximate surface area is 215 Å². The molecule has 0 aliphatic rings. The Kier molecular flexibility index (Phi) is 7.01. The van der Waals surface area contributed by atoms with Crippen molar-refractivity contribution in [3.05, 3.63) is 96.4 Å². The molecule has 0 unspecified atom stereocenters. The maximum absolute atomic E-state index is 10.1. The molecule has 2 heterocycles. The number of aryl methyl sites for hydroxylation is 1. The van der Waals surface area contributed by atoms with Crippen LogP contribution in [0.2, 0.25) is 0 Å². The van der Waals surface area contributed by atoms with E-state index in [0.29, 0.717) is 11.4 Å². The summed E-state index contributed by atoms with van der Waals surface area (Å²) in [6, 6.07) is 28.9. The summed E-state index contributed by atoms with van der Waals surface area (Å²) in [6.07, 6.45) is 6.29. The maximum atomic E-state index is 10.1. The Morgan fingerprint density at radius 2 is 1.75 bits per heavy atom. The number of nitriles is 1. The number of para-hydroxylation sites is 3. The van der Waals surface area contributed by atoms with Gasteiger partial charge in [0.1, 0.15) is 6.07 Å². The third-order valence-corrected chi connectivity index (χ3v) is 7.20. The van der Waals surface area contributed by atoms with Gasteiger partial charge in [0, 0.05) is 29.3 Å². The van der Waals surface area contributed by atoms with E-state index in [2.05, 4.69) is 37.3 Å². The number of hydrogen-bond acceptors (Lipinski definition) is 4. The van der Waals surface area contributed by atoms with Crippen LogP contribution in [0.4, 0.5) is 0 Å². The molecule has 0 saturated heterocycles. The summed E-state index contributed by atoms with van der Waals surface area (Å²) >= 11 is 1.88. The van der Waals surface area contributed by atoms with Crippen LogP contribution in [0.25, 0.3) is 39.6 Å². The Balaban J connectivity index is 1.59. The third kappa shape index (κ3) is 4.84. The molecule has 0 aliphatic carbocycles. The monoisotopic (exact) mass is 489 g/mol. The maximum Gasteiger partial charge on any atom is 0.151 e. The van der Waals surface area contributed by atoms with Crippen molar-refractivity contribution in [1.29, 1.82) is 5.26 Å². The number of unbranched alkanes of at least 4 members (excludes halogenated alkanes) is 1. The Morgan fingerprint density at radius 3 is 2.47 bits per heavy atom. The zero-order valence-corrected chi connectivity index (χ0v) is 21.2. The van der Waals surface area contributed by atoms with Crippen LogP contribution in [-0.4, -0.2) is 25.1 Å². The molecule has 5 aromatic rings. The van der Waals surface area contributed by atoms with Crippen molar-refractivity contribution in [1.82, 2.24) is 19.3 Å². The number of fused-ring (bicyclic) bond motifs is 1. The van der Waals surface area contributed by atoms with Crippen molar-refractivity contribution in [3.8, 4) is 23.0 Å². The second-order valence-electron chi connectivity index (χ2n) is 8.59. The number of thioether (sulfide) groups is 1. The second-order valence-corrected chi connectivity index (χ2v) is 9.76. The van der Waals surface area contributed by atoms with Gasteiger partial charge in [0.05, 0.1) is 28.0 Å². The molecule has 0 amide bonds. The lowest BCUT2D eigenvalue weighted by atomic mass is 10.1. The summed E-state index contributed by atoms with van der Waals surface area (Å²) in [5, 5.41) is 15.0. The minimum atomic E-state index is 0.495. The van der Waals surface area contributed by atoms with Gasteiger partial charge in [-0.05, 0) is 54.6 Å². The summed E-state index contributed by atoms with van der Waals surface area (Å²) in [7, 11) is 1.94. The summed E-state index contributed by atoms with van der Waals surface area (Å²) < 4.78 is 3.84. The van der Waals surface area contributed by atoms with Crippen LogP contribution in [-0.2, 0) is 7.05 Å². The van der Waals surface area contributed by atoms with Crippen LogP contribution in [0.1, 0.15) is 31.2 Å². The highest BCUT2D eigenvalue weighted by Crippen LogP contribution is 2.30. The lowest BCUT2D eigenvalue weighted by Gasteiger charge is -2.04. The number of nitrogens with zero attached hydrogens (tertiary/aromatic N) is 5. The predicted molar refractivity (Wildman–Crippen MR) is 149 cm³/mol. The largest absolute Gasteiger partial charge is 0.327 e. The van der Waals surface area contributed by atoms with Crippen LogP contribution in [0.5, 0.6) is 0 Å². The molecule has 0 atom stereocenters. The zero-order valence-electron chi connectivity index (χ0n) is 20.4. The van der Waals surface area contributed by atoms with Crippen LogP contribution in [0, 0.1) is 11.3 Å². The quantitative estimate of drug-likeness (QED) is 0.130. The molecule has 0 spiro atoms. The van der Waals surface area contributed by atoms with Gasteiger partial charge in [0.2, 0.25) is 0 Å². The lowest BCUT2D eigenvalue weighted by Crippen LogP contribution is -1.96. The number of allylic oxidation sites excluding steroid dienone is 1. The average Bonchev–Trinajstić information content (AvgIpc) is 3.50. The van der Waals surface area contributed by atoms with E-state index in [4.69, 9.17) is 10.1 Å². The first kappa shape index (κ1) is 23.7. The molecule has 3 aromatic carbocycles. The molecule has 0 saturated carbocycles. The minimum Gasteiger partial charge on any atom is -0.327 e. The SMILES string of the molecule is CCCCSc1ccc(-c2nn(-c3ccccc3)cc2C=C(C#N)c2nc3ccccc3n2C)cc1. The standard InChI is InChI=1S/C30H27N5S/c1-3-4-18-36-26-16-14-22(15-17-26)29-24(21-35(33-29)25-10-6-5-7-11-25)19-23(20-31)30-32-27-12-8-9-13-28(27)34(30)2/h5-17,19,21H,3-4,18H2,1-2H3. The number of benzene rings is 3. The van der Waals surface area contributed by atoms with Crippen molar-refractivity contribution >= 4 is 34.4 Å². The Bertz CT molecular complexity index is 1550. The van der Waals surface area contributed by atoms with E-state index in [9.17, 15) is 5.26 Å². The summed E-state index contributed by atoms with van der Waals surface area (Å²) in [5.41, 5.74) is 6.03. The van der Waals surface area contributed by atoms with E-state index in [1.807, 2.05) is 94.9 Å². The Morgan fingerprint density at radius 1 is 1.00 bits per heavy atom. The highest BCUT2D eigenvalue weighted by molar-refractivity contribution is 7.99. The van der Waals surface area contributed by atoms with E-state index < -0.39 is 0 Å². The first-order chi connectivity index (χ1) is 17.7. The first-order valence-corrected chi connectivity index (χ1v) is 13.1. The fourth-order valence-electron chi connectivity index (χ4n) is 4.16. The molecule has 36 heavy (non-hydrogen) atoms. The van der Waals surface area contributed by atoms with Gasteiger partial charge < -0.3 is 4.57 Å². The normalized spacial score (nSPS) is 11.6. The van der Waals surface area contributed by atoms with E-state index in [1.54, 1.807) is 0 Å². The molecule has 5 nitrogen and oxygen atoms in total. The smallest absolute Gasteiger partial charge is 0.151 e. The van der Waals surface area contributed by atoms with Crippen LogP contribution < -0.4 is 0 Å². The van der Waals surface area contributed by atoms with Crippen molar-refractivity contribution in [2.24, 2.45) is 7.05 Å². The van der Waals surface area contributed by atoms with Gasteiger partial charge in [-0.25, -0.2) is 9.67 Å². The topological polar surface area (TPSA) is 59.4 Å². The van der Waals surface area contributed by atoms with Gasteiger partial charge in [-0.1, -0.05) is 55.8 Å².